The van der Waals surface area contributed by atoms with Gasteiger partial charge in [0.25, 0.3) is 0 Å². The minimum atomic E-state index is 0.635. The van der Waals surface area contributed by atoms with Crippen LogP contribution in [0.15, 0.2) is 24.3 Å². The maximum Gasteiger partial charge on any atom is 0.118 e. The summed E-state index contributed by atoms with van der Waals surface area (Å²) in [7, 11) is 1.70. The molecule has 0 amide bonds. The smallest absolute Gasteiger partial charge is 0.118 e. The van der Waals surface area contributed by atoms with Crippen LogP contribution in [0.25, 0.3) is 0 Å². The Labute approximate surface area is 99.0 Å². The molecule has 90 valence electrons. The summed E-state index contributed by atoms with van der Waals surface area (Å²) in [5, 5.41) is 3.50. The van der Waals surface area contributed by atoms with Gasteiger partial charge in [-0.1, -0.05) is 19.1 Å². The Hall–Kier alpha value is -1.02. The van der Waals surface area contributed by atoms with Gasteiger partial charge in [0.2, 0.25) is 0 Å². The highest BCUT2D eigenvalue weighted by Gasteiger charge is 1.97. The van der Waals surface area contributed by atoms with Crippen LogP contribution in [-0.2, 0) is 6.42 Å². The quantitative estimate of drug-likeness (QED) is 0.715. The third kappa shape index (κ3) is 4.67. The molecule has 1 N–H and O–H groups in total. The molecule has 1 atom stereocenters. The molecule has 0 aliphatic heterocycles. The van der Waals surface area contributed by atoms with Crippen LogP contribution in [0.1, 0.15) is 32.3 Å². The van der Waals surface area contributed by atoms with Crippen molar-refractivity contribution in [1.82, 2.24) is 5.32 Å². The number of rotatable bonds is 7. The van der Waals surface area contributed by atoms with E-state index in [9.17, 15) is 0 Å². The Morgan fingerprint density at radius 1 is 1.25 bits per heavy atom. The summed E-state index contributed by atoms with van der Waals surface area (Å²) in [6.45, 7) is 5.54. The molecular formula is C14H23NO. The Kier molecular flexibility index (Phi) is 5.94. The normalized spacial score (nSPS) is 12.4. The van der Waals surface area contributed by atoms with Gasteiger partial charge >= 0.3 is 0 Å². The molecule has 0 aromatic heterocycles. The Bertz CT molecular complexity index is 281. The number of hydrogen-bond donors (Lipinski definition) is 1. The fourth-order valence-corrected chi connectivity index (χ4v) is 1.58. The van der Waals surface area contributed by atoms with Crippen LogP contribution < -0.4 is 10.1 Å². The van der Waals surface area contributed by atoms with Crippen LogP contribution in [0.2, 0.25) is 0 Å². The van der Waals surface area contributed by atoms with E-state index in [0.717, 1.165) is 18.7 Å². The lowest BCUT2D eigenvalue weighted by Crippen LogP contribution is -2.26. The van der Waals surface area contributed by atoms with Gasteiger partial charge in [0, 0.05) is 6.04 Å². The van der Waals surface area contributed by atoms with Gasteiger partial charge in [-0.05, 0) is 50.4 Å². The lowest BCUT2D eigenvalue weighted by molar-refractivity contribution is 0.414. The first-order chi connectivity index (χ1) is 7.76. The summed E-state index contributed by atoms with van der Waals surface area (Å²) in [5.74, 6) is 0.932. The molecule has 1 aromatic rings. The van der Waals surface area contributed by atoms with Crippen molar-refractivity contribution >= 4 is 0 Å². The highest BCUT2D eigenvalue weighted by molar-refractivity contribution is 5.27. The molecule has 0 aliphatic carbocycles. The lowest BCUT2D eigenvalue weighted by Gasteiger charge is -2.10. The van der Waals surface area contributed by atoms with Gasteiger partial charge in [-0.2, -0.15) is 0 Å². The maximum atomic E-state index is 5.13. The molecule has 2 heteroatoms. The Morgan fingerprint density at radius 3 is 2.50 bits per heavy atom. The number of aryl methyl sites for hydroxylation is 1. The molecule has 0 saturated heterocycles. The summed E-state index contributed by atoms with van der Waals surface area (Å²) in [6, 6.07) is 8.97. The van der Waals surface area contributed by atoms with E-state index in [-0.39, 0.29) is 0 Å². The molecule has 16 heavy (non-hydrogen) atoms. The van der Waals surface area contributed by atoms with Crippen LogP contribution in [0.3, 0.4) is 0 Å². The van der Waals surface area contributed by atoms with Gasteiger partial charge in [0.1, 0.15) is 5.75 Å². The van der Waals surface area contributed by atoms with Gasteiger partial charge in [-0.3, -0.25) is 0 Å². The average molecular weight is 221 g/mol. The van der Waals surface area contributed by atoms with Gasteiger partial charge in [-0.25, -0.2) is 0 Å². The van der Waals surface area contributed by atoms with E-state index in [4.69, 9.17) is 4.74 Å². The number of nitrogens with one attached hydrogen (secondary N) is 1. The van der Waals surface area contributed by atoms with Crippen molar-refractivity contribution in [2.75, 3.05) is 13.7 Å². The molecule has 0 radical (unpaired) electrons. The van der Waals surface area contributed by atoms with Crippen molar-refractivity contribution in [3.63, 3.8) is 0 Å². The second kappa shape index (κ2) is 7.29. The van der Waals surface area contributed by atoms with Crippen molar-refractivity contribution in [3.05, 3.63) is 29.8 Å². The molecule has 0 bridgehead atoms. The van der Waals surface area contributed by atoms with E-state index >= 15 is 0 Å². The molecule has 0 aliphatic rings. The van der Waals surface area contributed by atoms with Crippen LogP contribution in [-0.4, -0.2) is 19.7 Å². The summed E-state index contributed by atoms with van der Waals surface area (Å²) in [6.07, 6.45) is 3.52. The largest absolute Gasteiger partial charge is 0.497 e. The third-order valence-corrected chi connectivity index (χ3v) is 2.91. The molecule has 0 heterocycles. The standard InChI is InChI=1S/C14H23NO/c1-4-12(2)15-11-5-6-13-7-9-14(16-3)10-8-13/h7-10,12,15H,4-6,11H2,1-3H3. The monoisotopic (exact) mass is 221 g/mol. The molecule has 1 aromatic carbocycles. The predicted molar refractivity (Wildman–Crippen MR) is 69.1 cm³/mol. The first-order valence-electron chi connectivity index (χ1n) is 6.12. The van der Waals surface area contributed by atoms with Crippen LogP contribution >= 0.6 is 0 Å². The van der Waals surface area contributed by atoms with Crippen molar-refractivity contribution in [3.8, 4) is 5.75 Å². The van der Waals surface area contributed by atoms with Crippen molar-refractivity contribution < 1.29 is 4.74 Å². The molecular weight excluding hydrogens is 198 g/mol. The zero-order chi connectivity index (χ0) is 11.8. The lowest BCUT2D eigenvalue weighted by atomic mass is 10.1. The molecule has 2 nitrogen and oxygen atoms in total. The highest BCUT2D eigenvalue weighted by Crippen LogP contribution is 2.12. The maximum absolute atomic E-state index is 5.13. The van der Waals surface area contributed by atoms with E-state index in [1.165, 1.54) is 18.4 Å². The van der Waals surface area contributed by atoms with Crippen LogP contribution in [0.5, 0.6) is 5.75 Å². The molecule has 0 fully saturated rings. The van der Waals surface area contributed by atoms with E-state index < -0.39 is 0 Å². The van der Waals surface area contributed by atoms with Crippen LogP contribution in [0.4, 0.5) is 0 Å². The zero-order valence-corrected chi connectivity index (χ0v) is 10.6. The highest BCUT2D eigenvalue weighted by atomic mass is 16.5. The fraction of sp³-hybridized carbons (Fsp3) is 0.571. The second-order valence-corrected chi connectivity index (χ2v) is 4.22. The van der Waals surface area contributed by atoms with E-state index in [2.05, 4.69) is 31.3 Å². The molecule has 1 unspecified atom stereocenters. The predicted octanol–water partition coefficient (Wildman–Crippen LogP) is 3.02. The van der Waals surface area contributed by atoms with Crippen LogP contribution in [0, 0.1) is 0 Å². The SMILES string of the molecule is CCC(C)NCCCc1ccc(OC)cc1. The van der Waals surface area contributed by atoms with Gasteiger partial charge in [0.15, 0.2) is 0 Å². The second-order valence-electron chi connectivity index (χ2n) is 4.22. The summed E-state index contributed by atoms with van der Waals surface area (Å²) >= 11 is 0. The summed E-state index contributed by atoms with van der Waals surface area (Å²) in [5.41, 5.74) is 1.38. The van der Waals surface area contributed by atoms with E-state index in [0.29, 0.717) is 6.04 Å². The summed E-state index contributed by atoms with van der Waals surface area (Å²) < 4.78 is 5.13. The van der Waals surface area contributed by atoms with Gasteiger partial charge in [-0.15, -0.1) is 0 Å². The van der Waals surface area contributed by atoms with Crippen molar-refractivity contribution in [2.45, 2.75) is 39.2 Å². The van der Waals surface area contributed by atoms with E-state index in [1.54, 1.807) is 7.11 Å². The van der Waals surface area contributed by atoms with Crippen molar-refractivity contribution in [2.24, 2.45) is 0 Å². The number of ether oxygens (including phenoxy) is 1. The number of hydrogen-bond acceptors (Lipinski definition) is 2. The number of benzene rings is 1. The Morgan fingerprint density at radius 2 is 1.94 bits per heavy atom. The minimum Gasteiger partial charge on any atom is -0.497 e. The van der Waals surface area contributed by atoms with Gasteiger partial charge < -0.3 is 10.1 Å². The first kappa shape index (κ1) is 13.0. The van der Waals surface area contributed by atoms with Gasteiger partial charge in [0.05, 0.1) is 7.11 Å². The minimum absolute atomic E-state index is 0.635. The topological polar surface area (TPSA) is 21.3 Å². The molecule has 0 saturated carbocycles. The third-order valence-electron chi connectivity index (χ3n) is 2.91. The fourth-order valence-electron chi connectivity index (χ4n) is 1.58. The summed E-state index contributed by atoms with van der Waals surface area (Å²) in [4.78, 5) is 0. The number of methoxy groups -OCH3 is 1. The van der Waals surface area contributed by atoms with Crippen molar-refractivity contribution in [1.29, 1.82) is 0 Å². The Balaban J connectivity index is 2.21. The average Bonchev–Trinajstić information content (AvgIpc) is 2.35. The van der Waals surface area contributed by atoms with E-state index in [1.807, 2.05) is 12.1 Å². The molecule has 0 spiro atoms. The zero-order valence-electron chi connectivity index (χ0n) is 10.6. The molecule has 1 rings (SSSR count). The first-order valence-corrected chi connectivity index (χ1v) is 6.12.